The Morgan fingerprint density at radius 1 is 0.446 bits per heavy atom. The SMILES string of the molecule is CCCCCCCCCC/C=C\CCCCCCCCCCCCCCCCCCCCCC(=O)NC(COP(=O)(O)OCC[N+](C)(C)C)C(O)/C=C/CCCCCCCCCCCCCCCCCCCCC. The molecule has 8 nitrogen and oxygen atoms in total. The number of likely N-dealkylation sites (N-methyl/N-ethyl adjacent to an activating group) is 1. The summed E-state index contributed by atoms with van der Waals surface area (Å²) in [7, 11) is 1.59. The van der Waals surface area contributed by atoms with E-state index in [9.17, 15) is 19.4 Å². The predicted molar refractivity (Wildman–Crippen MR) is 323 cm³/mol. The Kier molecular flexibility index (Phi) is 55.9. The van der Waals surface area contributed by atoms with Gasteiger partial charge in [0.15, 0.2) is 0 Å². The molecule has 3 unspecified atom stereocenters. The fourth-order valence-corrected chi connectivity index (χ4v) is 10.8. The van der Waals surface area contributed by atoms with Gasteiger partial charge in [0, 0.05) is 6.42 Å². The van der Waals surface area contributed by atoms with Crippen LogP contribution < -0.4 is 5.32 Å². The maximum absolute atomic E-state index is 13.0. The van der Waals surface area contributed by atoms with Crippen molar-refractivity contribution in [3.8, 4) is 0 Å². The topological polar surface area (TPSA) is 105 Å². The summed E-state index contributed by atoms with van der Waals surface area (Å²) in [5, 5.41) is 14.0. The van der Waals surface area contributed by atoms with Crippen molar-refractivity contribution < 1.29 is 32.9 Å². The molecule has 3 N–H and O–H groups in total. The molecule has 0 radical (unpaired) electrons. The van der Waals surface area contributed by atoms with Gasteiger partial charge in [0.1, 0.15) is 13.2 Å². The van der Waals surface area contributed by atoms with E-state index in [2.05, 4.69) is 31.3 Å². The first kappa shape index (κ1) is 73.0. The summed E-state index contributed by atoms with van der Waals surface area (Å²) in [6.45, 7) is 4.87. The lowest BCUT2D eigenvalue weighted by molar-refractivity contribution is -0.870. The van der Waals surface area contributed by atoms with Gasteiger partial charge in [-0.15, -0.1) is 0 Å². The number of hydrogen-bond acceptors (Lipinski definition) is 5. The summed E-state index contributed by atoms with van der Waals surface area (Å²) in [6.07, 6.45) is 73.1. The minimum Gasteiger partial charge on any atom is -0.387 e. The Hall–Kier alpha value is -1.02. The van der Waals surface area contributed by atoms with Crippen LogP contribution in [-0.4, -0.2) is 73.4 Å². The lowest BCUT2D eigenvalue weighted by Gasteiger charge is -2.25. The van der Waals surface area contributed by atoms with Crippen molar-refractivity contribution in [1.82, 2.24) is 5.32 Å². The van der Waals surface area contributed by atoms with E-state index < -0.39 is 20.0 Å². The van der Waals surface area contributed by atoms with E-state index >= 15 is 0 Å². The maximum Gasteiger partial charge on any atom is 0.472 e. The van der Waals surface area contributed by atoms with Crippen LogP contribution in [0.1, 0.15) is 335 Å². The van der Waals surface area contributed by atoms with Gasteiger partial charge in [-0.3, -0.25) is 13.8 Å². The molecule has 0 aliphatic heterocycles. The van der Waals surface area contributed by atoms with Gasteiger partial charge in [-0.1, -0.05) is 308 Å². The zero-order chi connectivity index (χ0) is 54.2. The van der Waals surface area contributed by atoms with Crippen molar-refractivity contribution in [2.75, 3.05) is 40.9 Å². The largest absolute Gasteiger partial charge is 0.472 e. The third kappa shape index (κ3) is 58.7. The van der Waals surface area contributed by atoms with Crippen molar-refractivity contribution in [2.24, 2.45) is 0 Å². The monoisotopic (exact) mass is 1070 g/mol. The Bertz CT molecular complexity index is 1260. The quantitative estimate of drug-likeness (QED) is 0.0243. The number of phosphoric ester groups is 1. The first-order valence-electron chi connectivity index (χ1n) is 32.7. The smallest absolute Gasteiger partial charge is 0.387 e. The second kappa shape index (κ2) is 56.7. The summed E-state index contributed by atoms with van der Waals surface area (Å²) in [5.74, 6) is -0.169. The fraction of sp³-hybridized carbons (Fsp3) is 0.923. The van der Waals surface area contributed by atoms with Crippen LogP contribution in [0.4, 0.5) is 0 Å². The third-order valence-electron chi connectivity index (χ3n) is 15.2. The number of allylic oxidation sites excluding steroid dienone is 3. The molecule has 9 heteroatoms. The molecule has 1 amide bonds. The van der Waals surface area contributed by atoms with Gasteiger partial charge < -0.3 is 19.8 Å². The van der Waals surface area contributed by atoms with E-state index in [0.29, 0.717) is 17.4 Å². The normalized spacial score (nSPS) is 13.9. The molecule has 3 atom stereocenters. The number of aliphatic hydroxyl groups is 1. The van der Waals surface area contributed by atoms with Gasteiger partial charge in [-0.05, 0) is 44.9 Å². The molecule has 0 rings (SSSR count). The number of carbonyl (C=O) groups excluding carboxylic acids is 1. The molecule has 0 bridgehead atoms. The first-order chi connectivity index (χ1) is 36.0. The molecule has 0 aromatic rings. The lowest BCUT2D eigenvalue weighted by atomic mass is 10.0. The van der Waals surface area contributed by atoms with Crippen LogP contribution in [0.3, 0.4) is 0 Å². The average molecular weight is 1070 g/mol. The first-order valence-corrected chi connectivity index (χ1v) is 34.2. The molecule has 0 aromatic heterocycles. The van der Waals surface area contributed by atoms with Crippen molar-refractivity contribution in [3.05, 3.63) is 24.3 Å². The maximum atomic E-state index is 13.0. The van der Waals surface area contributed by atoms with E-state index in [1.807, 2.05) is 27.2 Å². The molecule has 74 heavy (non-hydrogen) atoms. The highest BCUT2D eigenvalue weighted by Crippen LogP contribution is 2.43. The minimum absolute atomic E-state index is 0.0643. The highest BCUT2D eigenvalue weighted by molar-refractivity contribution is 7.47. The van der Waals surface area contributed by atoms with Crippen molar-refractivity contribution >= 4 is 13.7 Å². The van der Waals surface area contributed by atoms with Gasteiger partial charge in [0.05, 0.1) is 39.9 Å². The van der Waals surface area contributed by atoms with E-state index in [1.165, 1.54) is 283 Å². The van der Waals surface area contributed by atoms with Crippen molar-refractivity contribution in [2.45, 2.75) is 347 Å². The van der Waals surface area contributed by atoms with Crippen LogP contribution >= 0.6 is 7.82 Å². The molecule has 0 saturated carbocycles. The molecule has 440 valence electrons. The second-order valence-electron chi connectivity index (χ2n) is 23.8. The third-order valence-corrected chi connectivity index (χ3v) is 16.1. The number of nitrogens with zero attached hydrogens (tertiary/aromatic N) is 1. The zero-order valence-electron chi connectivity index (χ0n) is 50.4. The van der Waals surface area contributed by atoms with E-state index in [0.717, 1.165) is 32.1 Å². The number of carbonyl (C=O) groups is 1. The summed E-state index contributed by atoms with van der Waals surface area (Å²) in [6, 6.07) is -0.844. The van der Waals surface area contributed by atoms with Crippen LogP contribution in [0, 0.1) is 0 Å². The fourth-order valence-electron chi connectivity index (χ4n) is 10.0. The highest BCUT2D eigenvalue weighted by atomic mass is 31.2. The number of aliphatic hydroxyl groups excluding tert-OH is 1. The molecule has 0 aromatic carbocycles. The highest BCUT2D eigenvalue weighted by Gasteiger charge is 2.28. The van der Waals surface area contributed by atoms with Crippen LogP contribution in [-0.2, 0) is 18.4 Å². The van der Waals surface area contributed by atoms with E-state index in [4.69, 9.17) is 9.05 Å². The standard InChI is InChI=1S/C65H129N2O6P/c1-6-8-10-12-14-16-18-20-22-24-26-28-29-30-31-32-33-34-35-36-37-39-41-43-45-47-49-51-53-55-57-59-65(69)66-63(62-73-74(70,71)72-61-60-67(3,4)5)64(68)58-56-54-52-50-48-46-44-42-40-38-27-25-23-21-19-17-15-13-11-9-7-2/h24,26,56,58,63-64,68H,6-23,25,27-55,57,59-62H2,1-5H3,(H-,66,69,70,71)/p+1/b26-24-,58-56+. The Labute approximate surface area is 462 Å². The number of unbranched alkanes of at least 4 members (excludes halogenated alkanes) is 46. The van der Waals surface area contributed by atoms with Crippen LogP contribution in [0.5, 0.6) is 0 Å². The molecule has 0 heterocycles. The number of quaternary nitrogens is 1. The molecule has 0 aliphatic carbocycles. The van der Waals surface area contributed by atoms with Crippen molar-refractivity contribution in [3.63, 3.8) is 0 Å². The molecule has 0 spiro atoms. The number of phosphoric acid groups is 1. The Morgan fingerprint density at radius 2 is 0.730 bits per heavy atom. The predicted octanol–water partition coefficient (Wildman–Crippen LogP) is 20.3. The summed E-state index contributed by atoms with van der Waals surface area (Å²) >= 11 is 0. The number of nitrogens with one attached hydrogen (secondary N) is 1. The van der Waals surface area contributed by atoms with Crippen LogP contribution in [0.25, 0.3) is 0 Å². The van der Waals surface area contributed by atoms with Gasteiger partial charge in [-0.25, -0.2) is 4.57 Å². The van der Waals surface area contributed by atoms with E-state index in [-0.39, 0.29) is 19.1 Å². The lowest BCUT2D eigenvalue weighted by Crippen LogP contribution is -2.45. The van der Waals surface area contributed by atoms with Gasteiger partial charge in [0.25, 0.3) is 0 Å². The van der Waals surface area contributed by atoms with E-state index in [1.54, 1.807) is 6.08 Å². The molecule has 0 fully saturated rings. The van der Waals surface area contributed by atoms with Gasteiger partial charge in [-0.2, -0.15) is 0 Å². The van der Waals surface area contributed by atoms with Gasteiger partial charge >= 0.3 is 7.82 Å². The number of amides is 1. The van der Waals surface area contributed by atoms with Crippen molar-refractivity contribution in [1.29, 1.82) is 0 Å². The Morgan fingerprint density at radius 3 is 1.04 bits per heavy atom. The van der Waals surface area contributed by atoms with Gasteiger partial charge in [0.2, 0.25) is 5.91 Å². The molecular formula is C65H130N2O6P+. The zero-order valence-corrected chi connectivity index (χ0v) is 51.3. The summed E-state index contributed by atoms with van der Waals surface area (Å²) in [4.78, 5) is 23.4. The number of hydrogen-bond donors (Lipinski definition) is 3. The molecule has 0 saturated heterocycles. The van der Waals surface area contributed by atoms with Crippen LogP contribution in [0.15, 0.2) is 24.3 Å². The second-order valence-corrected chi connectivity index (χ2v) is 25.3. The summed E-state index contributed by atoms with van der Waals surface area (Å²) in [5.41, 5.74) is 0. The summed E-state index contributed by atoms with van der Waals surface area (Å²) < 4.78 is 23.8. The minimum atomic E-state index is -4.35. The molecular weight excluding hydrogens is 936 g/mol. The average Bonchev–Trinajstić information content (AvgIpc) is 3.36. The molecule has 0 aliphatic rings. The van der Waals surface area contributed by atoms with Crippen LogP contribution in [0.2, 0.25) is 0 Å². The Balaban J connectivity index is 4.05. The number of rotatable bonds is 61.